The molecule has 4 rings (SSSR count). The third-order valence-corrected chi connectivity index (χ3v) is 8.79. The van der Waals surface area contributed by atoms with Gasteiger partial charge in [-0.2, -0.15) is 0 Å². The van der Waals surface area contributed by atoms with Gasteiger partial charge in [0.1, 0.15) is 6.61 Å². The summed E-state index contributed by atoms with van der Waals surface area (Å²) >= 11 is 0. The molecular formula is C33H45N5O5. The highest BCUT2D eigenvalue weighted by molar-refractivity contribution is 6.03. The Morgan fingerprint density at radius 2 is 1.49 bits per heavy atom. The van der Waals surface area contributed by atoms with Gasteiger partial charge in [-0.15, -0.1) is 0 Å². The van der Waals surface area contributed by atoms with Crippen LogP contribution in [0.25, 0.3) is 0 Å². The van der Waals surface area contributed by atoms with E-state index in [9.17, 15) is 19.2 Å². The van der Waals surface area contributed by atoms with Crippen molar-refractivity contribution in [3.05, 3.63) is 71.8 Å². The number of carbonyl (C=O) groups excluding carboxylic acids is 4. The van der Waals surface area contributed by atoms with E-state index >= 15 is 0 Å². The molecule has 10 nitrogen and oxygen atoms in total. The number of likely N-dealkylation sites (tertiary alicyclic amines) is 1. The second-order valence-electron chi connectivity index (χ2n) is 11.4. The quantitative estimate of drug-likeness (QED) is 0.300. The van der Waals surface area contributed by atoms with Crippen molar-refractivity contribution in [2.75, 3.05) is 53.0 Å². The van der Waals surface area contributed by atoms with E-state index in [-0.39, 0.29) is 31.0 Å². The Labute approximate surface area is 254 Å². The minimum atomic E-state index is -0.871. The van der Waals surface area contributed by atoms with E-state index in [1.165, 1.54) is 0 Å². The fourth-order valence-electron chi connectivity index (χ4n) is 6.00. The van der Waals surface area contributed by atoms with Crippen molar-refractivity contribution in [2.24, 2.45) is 5.41 Å². The van der Waals surface area contributed by atoms with Crippen LogP contribution in [0.5, 0.6) is 0 Å². The molecule has 2 aliphatic rings. The number of nitrogens with one attached hydrogen (secondary N) is 1. The number of amides is 5. The molecule has 43 heavy (non-hydrogen) atoms. The molecular weight excluding hydrogens is 546 g/mol. The second-order valence-corrected chi connectivity index (χ2v) is 11.4. The van der Waals surface area contributed by atoms with E-state index < -0.39 is 23.6 Å². The summed E-state index contributed by atoms with van der Waals surface area (Å²) < 4.78 is 6.04. The number of benzene rings is 2. The van der Waals surface area contributed by atoms with Gasteiger partial charge in [0.25, 0.3) is 0 Å². The molecule has 2 saturated heterocycles. The molecule has 0 radical (unpaired) electrons. The van der Waals surface area contributed by atoms with Crippen LogP contribution in [0.4, 0.5) is 4.79 Å². The van der Waals surface area contributed by atoms with Gasteiger partial charge in [0, 0.05) is 32.7 Å². The SMILES string of the molecule is CCCN(CNC(=O)N1C(=O)C(CC)(CC)C1OCC(=O)N1CCN(C)CC1)C(=O)C(c1ccccc1)c1ccccc1. The average Bonchev–Trinajstić information content (AvgIpc) is 3.03. The van der Waals surface area contributed by atoms with Crippen molar-refractivity contribution >= 4 is 23.8 Å². The molecule has 1 unspecified atom stereocenters. The first-order chi connectivity index (χ1) is 20.8. The first-order valence-corrected chi connectivity index (χ1v) is 15.3. The Kier molecular flexibility index (Phi) is 10.9. The number of urea groups is 1. The summed E-state index contributed by atoms with van der Waals surface area (Å²) in [5, 5.41) is 2.80. The fourth-order valence-corrected chi connectivity index (χ4v) is 6.00. The lowest BCUT2D eigenvalue weighted by molar-refractivity contribution is -0.212. The number of piperazine rings is 1. The maximum atomic E-state index is 14.0. The first-order valence-electron chi connectivity index (χ1n) is 15.3. The van der Waals surface area contributed by atoms with Crippen LogP contribution in [0.2, 0.25) is 0 Å². The van der Waals surface area contributed by atoms with Crippen LogP contribution >= 0.6 is 0 Å². The number of hydrogen-bond donors (Lipinski definition) is 1. The molecule has 2 fully saturated rings. The van der Waals surface area contributed by atoms with Gasteiger partial charge in [-0.3, -0.25) is 14.4 Å². The van der Waals surface area contributed by atoms with Crippen molar-refractivity contribution in [1.82, 2.24) is 24.9 Å². The van der Waals surface area contributed by atoms with Gasteiger partial charge in [-0.05, 0) is 37.4 Å². The van der Waals surface area contributed by atoms with Crippen LogP contribution in [-0.2, 0) is 19.1 Å². The van der Waals surface area contributed by atoms with Crippen molar-refractivity contribution in [3.8, 4) is 0 Å². The number of likely N-dealkylation sites (N-methyl/N-ethyl adjacent to an activating group) is 1. The second kappa shape index (κ2) is 14.6. The molecule has 0 spiro atoms. The third-order valence-electron chi connectivity index (χ3n) is 8.79. The van der Waals surface area contributed by atoms with E-state index in [1.807, 2.05) is 88.5 Å². The summed E-state index contributed by atoms with van der Waals surface area (Å²) in [5.41, 5.74) is 0.848. The van der Waals surface area contributed by atoms with Crippen LogP contribution < -0.4 is 5.32 Å². The maximum Gasteiger partial charge on any atom is 0.327 e. The molecule has 2 heterocycles. The number of imide groups is 1. The van der Waals surface area contributed by atoms with Crippen LogP contribution in [0.3, 0.4) is 0 Å². The molecule has 10 heteroatoms. The molecule has 1 N–H and O–H groups in total. The highest BCUT2D eigenvalue weighted by Crippen LogP contribution is 2.45. The third kappa shape index (κ3) is 6.91. The number of carbonyl (C=O) groups is 4. The number of hydrogen-bond acceptors (Lipinski definition) is 6. The van der Waals surface area contributed by atoms with Gasteiger partial charge in [0.05, 0.1) is 18.0 Å². The Morgan fingerprint density at radius 3 is 2.00 bits per heavy atom. The van der Waals surface area contributed by atoms with Gasteiger partial charge in [0.2, 0.25) is 17.7 Å². The molecule has 0 saturated carbocycles. The molecule has 232 valence electrons. The summed E-state index contributed by atoms with van der Waals surface area (Å²) in [6.07, 6.45) is 0.796. The predicted octanol–water partition coefficient (Wildman–Crippen LogP) is 3.49. The van der Waals surface area contributed by atoms with E-state index in [1.54, 1.807) is 9.80 Å². The number of β-lactam (4-membered cyclic amide) rings is 1. The van der Waals surface area contributed by atoms with Crippen molar-refractivity contribution in [3.63, 3.8) is 0 Å². The largest absolute Gasteiger partial charge is 0.347 e. The Balaban J connectivity index is 1.46. The van der Waals surface area contributed by atoms with Gasteiger partial charge < -0.3 is 24.8 Å². The van der Waals surface area contributed by atoms with Crippen molar-refractivity contribution in [2.45, 2.75) is 52.2 Å². The zero-order chi connectivity index (χ0) is 31.0. The Hall–Kier alpha value is -3.76. The van der Waals surface area contributed by atoms with Gasteiger partial charge in [-0.1, -0.05) is 81.4 Å². The lowest BCUT2D eigenvalue weighted by Gasteiger charge is -2.53. The maximum absolute atomic E-state index is 14.0. The summed E-state index contributed by atoms with van der Waals surface area (Å²) in [5.74, 6) is -1.16. The van der Waals surface area contributed by atoms with E-state index in [0.29, 0.717) is 38.9 Å². The van der Waals surface area contributed by atoms with Crippen molar-refractivity contribution in [1.29, 1.82) is 0 Å². The predicted molar refractivity (Wildman–Crippen MR) is 164 cm³/mol. The summed E-state index contributed by atoms with van der Waals surface area (Å²) in [4.78, 5) is 60.3. The molecule has 2 aromatic carbocycles. The zero-order valence-corrected chi connectivity index (χ0v) is 25.8. The molecule has 0 aliphatic carbocycles. The minimum Gasteiger partial charge on any atom is -0.347 e. The summed E-state index contributed by atoms with van der Waals surface area (Å²) in [6.45, 7) is 8.73. The first kappa shape index (κ1) is 32.2. The van der Waals surface area contributed by atoms with Gasteiger partial charge in [-0.25, -0.2) is 9.69 Å². The van der Waals surface area contributed by atoms with E-state index in [2.05, 4.69) is 10.2 Å². The lowest BCUT2D eigenvalue weighted by Crippen LogP contribution is -2.73. The molecule has 1 atom stereocenters. The Bertz CT molecular complexity index is 1210. The number of ether oxygens (including phenoxy) is 1. The monoisotopic (exact) mass is 591 g/mol. The van der Waals surface area contributed by atoms with E-state index in [0.717, 1.165) is 29.1 Å². The lowest BCUT2D eigenvalue weighted by atomic mass is 9.72. The Morgan fingerprint density at radius 1 is 0.930 bits per heavy atom. The van der Waals surface area contributed by atoms with Gasteiger partial charge in [0.15, 0.2) is 6.23 Å². The average molecular weight is 592 g/mol. The summed E-state index contributed by atoms with van der Waals surface area (Å²) in [6, 6.07) is 18.5. The normalized spacial score (nSPS) is 18.3. The number of rotatable bonds is 12. The minimum absolute atomic E-state index is 0.0658. The van der Waals surface area contributed by atoms with Gasteiger partial charge >= 0.3 is 6.03 Å². The van der Waals surface area contributed by atoms with E-state index in [4.69, 9.17) is 4.74 Å². The van der Waals surface area contributed by atoms with Crippen LogP contribution in [0.1, 0.15) is 57.1 Å². The summed E-state index contributed by atoms with van der Waals surface area (Å²) in [7, 11) is 2.02. The zero-order valence-electron chi connectivity index (χ0n) is 25.8. The molecule has 0 aromatic heterocycles. The standard InChI is InChI=1S/C33H45N5O5/c1-5-18-37(29(40)28(25-14-10-8-11-15-25)26-16-12-9-13-17-26)24-34-32(42)38-30(41)33(6-2,7-3)31(38)43-23-27(39)36-21-19-35(4)20-22-36/h8-17,28,31H,5-7,18-24H2,1-4H3,(H,34,42). The van der Waals surface area contributed by atoms with Crippen LogP contribution in [-0.4, -0.2) is 103 Å². The van der Waals surface area contributed by atoms with Crippen LogP contribution in [0, 0.1) is 5.41 Å². The van der Waals surface area contributed by atoms with Crippen LogP contribution in [0.15, 0.2) is 60.7 Å². The molecule has 5 amide bonds. The van der Waals surface area contributed by atoms with Crippen molar-refractivity contribution < 1.29 is 23.9 Å². The highest BCUT2D eigenvalue weighted by atomic mass is 16.5. The molecule has 0 bridgehead atoms. The smallest absolute Gasteiger partial charge is 0.327 e. The molecule has 2 aliphatic heterocycles. The molecule has 2 aromatic rings. The fraction of sp³-hybridized carbons (Fsp3) is 0.515. The highest BCUT2D eigenvalue weighted by Gasteiger charge is 2.62. The number of nitrogens with zero attached hydrogens (tertiary/aromatic N) is 4. The topological polar surface area (TPSA) is 102 Å².